The maximum absolute atomic E-state index is 14.5. The van der Waals surface area contributed by atoms with Gasteiger partial charge in [0.1, 0.15) is 5.83 Å². The van der Waals surface area contributed by atoms with Crippen molar-refractivity contribution in [2.24, 2.45) is 5.92 Å². The van der Waals surface area contributed by atoms with Crippen LogP contribution in [-0.4, -0.2) is 6.61 Å². The highest BCUT2D eigenvalue weighted by atomic mass is 19.2. The normalized spacial score (nSPS) is 13.1. The Bertz CT molecular complexity index is 921. The van der Waals surface area contributed by atoms with Crippen LogP contribution in [0.2, 0.25) is 0 Å². The zero-order chi connectivity index (χ0) is 25.7. The van der Waals surface area contributed by atoms with E-state index in [1.807, 2.05) is 13.0 Å². The van der Waals surface area contributed by atoms with Gasteiger partial charge in [0.2, 0.25) is 5.83 Å². The van der Waals surface area contributed by atoms with E-state index in [1.165, 1.54) is 18.2 Å². The summed E-state index contributed by atoms with van der Waals surface area (Å²) in [6.07, 6.45) is 8.43. The van der Waals surface area contributed by atoms with Crippen molar-refractivity contribution in [2.75, 3.05) is 6.61 Å². The highest BCUT2D eigenvalue weighted by Gasteiger charge is 2.15. The first-order chi connectivity index (χ1) is 15.3. The molecule has 0 spiro atoms. The van der Waals surface area contributed by atoms with Gasteiger partial charge < -0.3 is 4.74 Å². The second kappa shape index (κ2) is 14.9. The van der Waals surface area contributed by atoms with Crippen molar-refractivity contribution in [3.8, 4) is 0 Å². The van der Waals surface area contributed by atoms with Crippen LogP contribution in [-0.2, 0) is 4.74 Å². The van der Waals surface area contributed by atoms with Crippen LogP contribution >= 0.6 is 0 Å². The van der Waals surface area contributed by atoms with Gasteiger partial charge in [-0.2, -0.15) is 4.39 Å². The molecule has 33 heavy (non-hydrogen) atoms. The third kappa shape index (κ3) is 10.9. The van der Waals surface area contributed by atoms with E-state index >= 15 is 0 Å². The van der Waals surface area contributed by atoms with Gasteiger partial charge in [-0.05, 0) is 54.1 Å². The van der Waals surface area contributed by atoms with E-state index in [-0.39, 0.29) is 23.3 Å². The van der Waals surface area contributed by atoms with E-state index in [0.717, 1.165) is 18.4 Å². The maximum atomic E-state index is 14.5. The molecule has 0 aromatic rings. The molecule has 4 heteroatoms. The van der Waals surface area contributed by atoms with Crippen LogP contribution in [0.15, 0.2) is 120 Å². The third-order valence-corrected chi connectivity index (χ3v) is 4.72. The molecule has 0 aliphatic carbocycles. The van der Waals surface area contributed by atoms with Crippen molar-refractivity contribution in [3.05, 3.63) is 120 Å². The minimum atomic E-state index is -1.22. The lowest BCUT2D eigenvalue weighted by atomic mass is 10.0. The summed E-state index contributed by atoms with van der Waals surface area (Å²) < 4.78 is 48.2. The van der Waals surface area contributed by atoms with Gasteiger partial charge in [-0.25, -0.2) is 8.78 Å². The lowest BCUT2D eigenvalue weighted by molar-refractivity contribution is 0.203. The Kier molecular flexibility index (Phi) is 13.6. The van der Waals surface area contributed by atoms with E-state index in [2.05, 4.69) is 53.3 Å². The number of hydrogen-bond acceptors (Lipinski definition) is 1. The average Bonchev–Trinajstić information content (AvgIpc) is 2.78. The van der Waals surface area contributed by atoms with Gasteiger partial charge in [-0.1, -0.05) is 84.9 Å². The molecule has 0 aliphatic rings. The van der Waals surface area contributed by atoms with E-state index in [9.17, 15) is 13.2 Å². The van der Waals surface area contributed by atoms with Gasteiger partial charge in [0, 0.05) is 11.1 Å². The van der Waals surface area contributed by atoms with Crippen molar-refractivity contribution in [2.45, 2.75) is 47.0 Å². The van der Waals surface area contributed by atoms with Gasteiger partial charge >= 0.3 is 0 Å². The number of unbranched alkanes of at least 4 members (excludes halogenated alkanes) is 1. The van der Waals surface area contributed by atoms with E-state index in [4.69, 9.17) is 4.74 Å². The lowest BCUT2D eigenvalue weighted by Gasteiger charge is -2.09. The molecule has 0 aliphatic heterocycles. The van der Waals surface area contributed by atoms with Crippen molar-refractivity contribution in [1.82, 2.24) is 0 Å². The summed E-state index contributed by atoms with van der Waals surface area (Å²) in [4.78, 5) is 0. The zero-order valence-corrected chi connectivity index (χ0v) is 20.5. The first-order valence-electron chi connectivity index (χ1n) is 10.9. The molecular formula is C29H37F3O. The topological polar surface area (TPSA) is 9.23 Å². The van der Waals surface area contributed by atoms with E-state index in [0.29, 0.717) is 23.5 Å². The summed E-state index contributed by atoms with van der Waals surface area (Å²) in [6, 6.07) is 0. The van der Waals surface area contributed by atoms with Crippen molar-refractivity contribution < 1.29 is 17.9 Å². The highest BCUT2D eigenvalue weighted by molar-refractivity contribution is 5.53. The van der Waals surface area contributed by atoms with Crippen LogP contribution in [0.25, 0.3) is 0 Å². The van der Waals surface area contributed by atoms with Crippen LogP contribution in [0.3, 0.4) is 0 Å². The Labute approximate surface area is 198 Å². The Hall–Kier alpha value is -3.01. The molecule has 0 fully saturated rings. The zero-order valence-electron chi connectivity index (χ0n) is 20.5. The summed E-state index contributed by atoms with van der Waals surface area (Å²) in [6.45, 7) is 30.2. The minimum Gasteiger partial charge on any atom is -0.491 e. The summed E-state index contributed by atoms with van der Waals surface area (Å²) in [5.41, 5.74) is 1.55. The van der Waals surface area contributed by atoms with E-state index < -0.39 is 23.2 Å². The lowest BCUT2D eigenvalue weighted by Crippen LogP contribution is -1.97. The molecule has 0 heterocycles. The second-order valence-corrected chi connectivity index (χ2v) is 8.13. The summed E-state index contributed by atoms with van der Waals surface area (Å²) in [7, 11) is 0. The van der Waals surface area contributed by atoms with Crippen molar-refractivity contribution in [3.63, 3.8) is 0 Å². The third-order valence-electron chi connectivity index (χ3n) is 4.72. The molecule has 0 amide bonds. The second-order valence-electron chi connectivity index (χ2n) is 8.13. The number of rotatable bonds is 15. The first kappa shape index (κ1) is 30.0. The number of hydrogen-bond donors (Lipinski definition) is 0. The van der Waals surface area contributed by atoms with Gasteiger partial charge in [-0.3, -0.25) is 0 Å². The molecule has 0 saturated heterocycles. The largest absolute Gasteiger partial charge is 0.491 e. The summed E-state index contributed by atoms with van der Waals surface area (Å²) in [5.74, 6) is -2.88. The molecule has 0 unspecified atom stereocenters. The fraction of sp³-hybridized carbons (Fsp3) is 0.310. The molecule has 0 saturated carbocycles. The molecular weight excluding hydrogens is 421 g/mol. The molecule has 0 atom stereocenters. The van der Waals surface area contributed by atoms with Crippen LogP contribution in [0.1, 0.15) is 47.0 Å². The first-order valence-corrected chi connectivity index (χ1v) is 10.9. The van der Waals surface area contributed by atoms with E-state index in [1.54, 1.807) is 6.92 Å². The minimum absolute atomic E-state index is 0.110. The average molecular weight is 459 g/mol. The number of halogens is 3. The summed E-state index contributed by atoms with van der Waals surface area (Å²) >= 11 is 0. The molecule has 0 aromatic heterocycles. The number of ether oxygens (including phenoxy) is 1. The Balaban J connectivity index is 5.21. The van der Waals surface area contributed by atoms with Gasteiger partial charge in [-0.15, -0.1) is 0 Å². The fourth-order valence-corrected chi connectivity index (χ4v) is 2.26. The standard InChI is InChI=1S/C29H37F3O/c1-11-12-17-33-26(10)29(32)28(31)25(9)22(6)16-15-20(4)23(7)18-27(30)24(8)21(5)14-13-19(2)3/h14-16,18-19H,4,6-13,17H2,1-3,5H3/b16-15-,21-14+,27-18+,29-28-. The summed E-state index contributed by atoms with van der Waals surface area (Å²) in [5, 5.41) is 0. The van der Waals surface area contributed by atoms with Gasteiger partial charge in [0.05, 0.1) is 6.61 Å². The molecule has 0 aromatic carbocycles. The van der Waals surface area contributed by atoms with Crippen LogP contribution in [0.5, 0.6) is 0 Å². The molecule has 180 valence electrons. The van der Waals surface area contributed by atoms with Crippen LogP contribution in [0, 0.1) is 5.92 Å². The Morgan fingerprint density at radius 3 is 1.97 bits per heavy atom. The Morgan fingerprint density at radius 1 is 0.848 bits per heavy atom. The predicted octanol–water partition coefficient (Wildman–Crippen LogP) is 9.65. The SMILES string of the molecule is C=C(/C=C\C(=C)C(=C)/C(F)=C(/F)C(=C)OCCCC)C(=C)/C=C(/F)C(=C)/C(C)=C/CC(C)C. The fourth-order valence-electron chi connectivity index (χ4n) is 2.26. The molecule has 1 nitrogen and oxygen atoms in total. The van der Waals surface area contributed by atoms with Crippen LogP contribution < -0.4 is 0 Å². The quantitative estimate of drug-likeness (QED) is 0.135. The Morgan fingerprint density at radius 2 is 1.42 bits per heavy atom. The van der Waals surface area contributed by atoms with Crippen LogP contribution in [0.4, 0.5) is 13.2 Å². The predicted molar refractivity (Wildman–Crippen MR) is 136 cm³/mol. The van der Waals surface area contributed by atoms with Gasteiger partial charge in [0.15, 0.2) is 11.6 Å². The molecule has 0 N–H and O–H groups in total. The number of allylic oxidation sites excluding steroid dienone is 13. The molecule has 0 radical (unpaired) electrons. The van der Waals surface area contributed by atoms with Gasteiger partial charge in [0.25, 0.3) is 0 Å². The molecule has 0 rings (SSSR count). The maximum Gasteiger partial charge on any atom is 0.200 e. The highest BCUT2D eigenvalue weighted by Crippen LogP contribution is 2.28. The van der Waals surface area contributed by atoms with Crippen molar-refractivity contribution in [1.29, 1.82) is 0 Å². The smallest absolute Gasteiger partial charge is 0.200 e. The van der Waals surface area contributed by atoms with Crippen molar-refractivity contribution >= 4 is 0 Å². The molecule has 0 bridgehead atoms. The monoisotopic (exact) mass is 458 g/mol.